The Bertz CT molecular complexity index is 287. The van der Waals surface area contributed by atoms with Gasteiger partial charge in [0.1, 0.15) is 0 Å². The summed E-state index contributed by atoms with van der Waals surface area (Å²) in [5.41, 5.74) is 0.283. The van der Waals surface area contributed by atoms with Crippen molar-refractivity contribution in [1.82, 2.24) is 0 Å². The summed E-state index contributed by atoms with van der Waals surface area (Å²) in [6.45, 7) is -0.340. The molecule has 0 radical (unpaired) electrons. The summed E-state index contributed by atoms with van der Waals surface area (Å²) >= 11 is 0. The van der Waals surface area contributed by atoms with Gasteiger partial charge < -0.3 is 9.84 Å². The second-order valence-electron chi connectivity index (χ2n) is 2.25. The maximum absolute atomic E-state index is 12.7. The Labute approximate surface area is 68.4 Å². The van der Waals surface area contributed by atoms with Crippen LogP contribution < -0.4 is 4.74 Å². The highest BCUT2D eigenvalue weighted by Gasteiger charge is 2.10. The molecule has 1 aromatic carbocycles. The van der Waals surface area contributed by atoms with Crippen molar-refractivity contribution in [3.63, 3.8) is 0 Å². The molecule has 0 saturated carbocycles. The monoisotopic (exact) mass is 174 g/mol. The predicted octanol–water partition coefficient (Wildman–Crippen LogP) is 1.47. The molecule has 1 aromatic rings. The zero-order valence-corrected chi connectivity index (χ0v) is 6.47. The van der Waals surface area contributed by atoms with Crippen molar-refractivity contribution in [2.45, 2.75) is 6.61 Å². The predicted molar refractivity (Wildman–Crippen MR) is 38.8 cm³/mol. The molecule has 1 rings (SSSR count). The van der Waals surface area contributed by atoms with E-state index in [9.17, 15) is 8.78 Å². The Balaban J connectivity index is 3.19. The van der Waals surface area contributed by atoms with Crippen LogP contribution in [0.25, 0.3) is 0 Å². The van der Waals surface area contributed by atoms with Gasteiger partial charge in [-0.1, -0.05) is 0 Å². The van der Waals surface area contributed by atoms with Crippen molar-refractivity contribution in [1.29, 1.82) is 0 Å². The zero-order chi connectivity index (χ0) is 9.14. The van der Waals surface area contributed by atoms with Gasteiger partial charge in [-0.2, -0.15) is 4.39 Å². The Morgan fingerprint density at radius 1 is 1.42 bits per heavy atom. The van der Waals surface area contributed by atoms with E-state index >= 15 is 0 Å². The van der Waals surface area contributed by atoms with Crippen molar-refractivity contribution >= 4 is 0 Å². The van der Waals surface area contributed by atoms with E-state index in [1.165, 1.54) is 13.2 Å². The largest absolute Gasteiger partial charge is 0.494 e. The van der Waals surface area contributed by atoms with Crippen molar-refractivity contribution in [3.8, 4) is 5.75 Å². The van der Waals surface area contributed by atoms with Crippen molar-refractivity contribution < 1.29 is 18.6 Å². The fraction of sp³-hybridized carbons (Fsp3) is 0.250. The van der Waals surface area contributed by atoms with E-state index in [2.05, 4.69) is 4.74 Å². The highest BCUT2D eigenvalue weighted by molar-refractivity contribution is 5.30. The van der Waals surface area contributed by atoms with Crippen LogP contribution in [0.1, 0.15) is 5.56 Å². The molecule has 4 heteroatoms. The average molecular weight is 174 g/mol. The molecular weight excluding hydrogens is 166 g/mol. The van der Waals surface area contributed by atoms with Crippen LogP contribution in [-0.4, -0.2) is 12.2 Å². The van der Waals surface area contributed by atoms with E-state index in [-0.39, 0.29) is 17.9 Å². The van der Waals surface area contributed by atoms with Gasteiger partial charge in [-0.15, -0.1) is 0 Å². The molecule has 0 saturated heterocycles. The second kappa shape index (κ2) is 3.49. The van der Waals surface area contributed by atoms with Gasteiger partial charge in [-0.05, 0) is 17.7 Å². The summed E-state index contributed by atoms with van der Waals surface area (Å²) in [6, 6.07) is 2.18. The molecule has 0 bridgehead atoms. The Morgan fingerprint density at radius 3 is 2.58 bits per heavy atom. The number of methoxy groups -OCH3 is 1. The lowest BCUT2D eigenvalue weighted by Gasteiger charge is -2.04. The topological polar surface area (TPSA) is 29.5 Å². The molecule has 0 atom stereocenters. The van der Waals surface area contributed by atoms with Gasteiger partial charge in [-0.3, -0.25) is 0 Å². The van der Waals surface area contributed by atoms with Crippen molar-refractivity contribution in [2.75, 3.05) is 7.11 Å². The van der Waals surface area contributed by atoms with E-state index in [4.69, 9.17) is 5.11 Å². The van der Waals surface area contributed by atoms with Gasteiger partial charge in [0.05, 0.1) is 13.7 Å². The highest BCUT2D eigenvalue weighted by Crippen LogP contribution is 2.21. The molecule has 0 heterocycles. The van der Waals surface area contributed by atoms with Crippen LogP contribution in [0, 0.1) is 11.6 Å². The SMILES string of the molecule is COc1cc(CO)cc(F)c1F. The van der Waals surface area contributed by atoms with Gasteiger partial charge in [-0.25, -0.2) is 4.39 Å². The number of aliphatic hydroxyl groups is 1. The van der Waals surface area contributed by atoms with Crippen LogP contribution >= 0.6 is 0 Å². The van der Waals surface area contributed by atoms with Gasteiger partial charge in [0.25, 0.3) is 0 Å². The average Bonchev–Trinajstić information content (AvgIpc) is 2.09. The number of ether oxygens (including phenoxy) is 1. The zero-order valence-electron chi connectivity index (χ0n) is 6.47. The van der Waals surface area contributed by atoms with Crippen LogP contribution in [0.3, 0.4) is 0 Å². The normalized spacial score (nSPS) is 10.0. The number of hydrogen-bond acceptors (Lipinski definition) is 2. The fourth-order valence-electron chi connectivity index (χ4n) is 0.857. The van der Waals surface area contributed by atoms with E-state index in [1.807, 2.05) is 0 Å². The third kappa shape index (κ3) is 1.53. The molecule has 0 aliphatic carbocycles. The maximum atomic E-state index is 12.7. The number of aliphatic hydroxyl groups excluding tert-OH is 1. The number of halogens is 2. The summed E-state index contributed by atoms with van der Waals surface area (Å²) < 4.78 is 29.9. The molecule has 0 amide bonds. The molecule has 1 N–H and O–H groups in total. The Kier molecular flexibility index (Phi) is 2.60. The summed E-state index contributed by atoms with van der Waals surface area (Å²) in [5.74, 6) is -2.24. The molecule has 0 aromatic heterocycles. The van der Waals surface area contributed by atoms with E-state index < -0.39 is 11.6 Å². The lowest BCUT2D eigenvalue weighted by molar-refractivity contribution is 0.279. The second-order valence-corrected chi connectivity index (χ2v) is 2.25. The van der Waals surface area contributed by atoms with Crippen molar-refractivity contribution in [3.05, 3.63) is 29.3 Å². The van der Waals surface area contributed by atoms with E-state index in [0.29, 0.717) is 0 Å². The number of benzene rings is 1. The Morgan fingerprint density at radius 2 is 2.08 bits per heavy atom. The Hall–Kier alpha value is -1.16. The minimum absolute atomic E-state index is 0.195. The van der Waals surface area contributed by atoms with E-state index in [1.54, 1.807) is 0 Å². The van der Waals surface area contributed by atoms with Crippen LogP contribution in [0.4, 0.5) is 8.78 Å². The smallest absolute Gasteiger partial charge is 0.200 e. The van der Waals surface area contributed by atoms with Crippen LogP contribution in [0.5, 0.6) is 5.75 Å². The molecule has 0 aliphatic rings. The van der Waals surface area contributed by atoms with Gasteiger partial charge >= 0.3 is 0 Å². The number of rotatable bonds is 2. The van der Waals surface area contributed by atoms with Crippen LogP contribution in [-0.2, 0) is 6.61 Å². The fourth-order valence-corrected chi connectivity index (χ4v) is 0.857. The molecule has 0 unspecified atom stereocenters. The molecule has 12 heavy (non-hydrogen) atoms. The van der Waals surface area contributed by atoms with Crippen LogP contribution in [0.2, 0.25) is 0 Å². The third-order valence-electron chi connectivity index (χ3n) is 1.46. The maximum Gasteiger partial charge on any atom is 0.200 e. The minimum Gasteiger partial charge on any atom is -0.494 e. The molecule has 0 spiro atoms. The summed E-state index contributed by atoms with van der Waals surface area (Å²) in [4.78, 5) is 0. The van der Waals surface area contributed by atoms with Crippen LogP contribution in [0.15, 0.2) is 12.1 Å². The summed E-state index contributed by atoms with van der Waals surface area (Å²) in [6.07, 6.45) is 0. The first-order valence-electron chi connectivity index (χ1n) is 3.31. The molecule has 0 aliphatic heterocycles. The summed E-state index contributed by atoms with van der Waals surface area (Å²) in [7, 11) is 1.24. The molecule has 0 fully saturated rings. The molecule has 66 valence electrons. The first-order chi connectivity index (χ1) is 5.69. The standard InChI is InChI=1S/C8H8F2O2/c1-12-7-3-5(4-11)2-6(9)8(7)10/h2-3,11H,4H2,1H3. The van der Waals surface area contributed by atoms with Gasteiger partial charge in [0.15, 0.2) is 11.6 Å². The first kappa shape index (κ1) is 8.93. The number of hydrogen-bond donors (Lipinski definition) is 1. The first-order valence-corrected chi connectivity index (χ1v) is 3.31. The minimum atomic E-state index is -1.03. The van der Waals surface area contributed by atoms with E-state index in [0.717, 1.165) is 6.07 Å². The van der Waals surface area contributed by atoms with Crippen molar-refractivity contribution in [2.24, 2.45) is 0 Å². The molecule has 2 nitrogen and oxygen atoms in total. The lowest BCUT2D eigenvalue weighted by Crippen LogP contribution is -1.95. The third-order valence-corrected chi connectivity index (χ3v) is 1.46. The summed E-state index contributed by atoms with van der Waals surface area (Å²) in [5, 5.41) is 8.63. The highest BCUT2D eigenvalue weighted by atomic mass is 19.2. The quantitative estimate of drug-likeness (QED) is 0.735. The lowest BCUT2D eigenvalue weighted by atomic mass is 10.2. The van der Waals surface area contributed by atoms with Gasteiger partial charge in [0, 0.05) is 0 Å². The van der Waals surface area contributed by atoms with Gasteiger partial charge in [0.2, 0.25) is 5.82 Å². The molecular formula is C8H8F2O2.